The van der Waals surface area contributed by atoms with Gasteiger partial charge in [0, 0.05) is 18.0 Å². The number of esters is 1. The molecule has 1 aromatic heterocycles. The topological polar surface area (TPSA) is 81.2 Å². The molecular weight excluding hydrogens is 318 g/mol. The Labute approximate surface area is 144 Å². The molecule has 0 saturated heterocycles. The predicted octanol–water partition coefficient (Wildman–Crippen LogP) is 3.18. The molecule has 2 aromatic carbocycles. The van der Waals surface area contributed by atoms with E-state index in [2.05, 4.69) is 15.3 Å². The molecule has 0 bridgehead atoms. The Balaban J connectivity index is 1.80. The third-order valence-electron chi connectivity index (χ3n) is 3.53. The first-order valence-corrected chi connectivity index (χ1v) is 7.55. The highest BCUT2D eigenvalue weighted by Gasteiger charge is 2.15. The second kappa shape index (κ2) is 7.35. The van der Waals surface area contributed by atoms with Gasteiger partial charge in [-0.05, 0) is 12.1 Å². The highest BCUT2D eigenvalue weighted by molar-refractivity contribution is 6.07. The second-order valence-electron chi connectivity index (χ2n) is 5.15. The quantitative estimate of drug-likeness (QED) is 0.742. The van der Waals surface area contributed by atoms with Crippen LogP contribution in [0.5, 0.6) is 0 Å². The highest BCUT2D eigenvalue weighted by Crippen LogP contribution is 2.18. The van der Waals surface area contributed by atoms with E-state index in [-0.39, 0.29) is 5.56 Å². The van der Waals surface area contributed by atoms with Crippen molar-refractivity contribution < 1.29 is 14.3 Å². The molecule has 0 atom stereocenters. The van der Waals surface area contributed by atoms with Crippen LogP contribution in [-0.4, -0.2) is 29.0 Å². The van der Waals surface area contributed by atoms with E-state index in [1.807, 2.05) is 30.3 Å². The molecule has 0 saturated carbocycles. The number of anilines is 1. The highest BCUT2D eigenvalue weighted by atomic mass is 16.5. The number of nitrogens with one attached hydrogen (secondary N) is 1. The fraction of sp³-hybridized carbons (Fsp3) is 0.0526. The van der Waals surface area contributed by atoms with Gasteiger partial charge in [-0.2, -0.15) is 0 Å². The van der Waals surface area contributed by atoms with Crippen molar-refractivity contribution in [2.45, 2.75) is 0 Å². The zero-order valence-electron chi connectivity index (χ0n) is 13.5. The van der Waals surface area contributed by atoms with Crippen LogP contribution in [0.3, 0.4) is 0 Å². The summed E-state index contributed by atoms with van der Waals surface area (Å²) in [6, 6.07) is 16.1. The Hall–Kier alpha value is -3.54. The average molecular weight is 333 g/mol. The summed E-state index contributed by atoms with van der Waals surface area (Å²) in [4.78, 5) is 32.6. The first-order valence-electron chi connectivity index (χ1n) is 7.55. The van der Waals surface area contributed by atoms with Crippen LogP contribution in [0.4, 0.5) is 5.69 Å². The number of benzene rings is 2. The molecule has 124 valence electrons. The van der Waals surface area contributed by atoms with Crippen molar-refractivity contribution in [3.8, 4) is 11.4 Å². The maximum atomic E-state index is 12.4. The van der Waals surface area contributed by atoms with E-state index < -0.39 is 11.9 Å². The SMILES string of the molecule is COC(=O)c1ccccc1NC(=O)c1cnc(-c2ccccc2)nc1. The molecule has 6 nitrogen and oxygen atoms in total. The minimum Gasteiger partial charge on any atom is -0.465 e. The summed E-state index contributed by atoms with van der Waals surface area (Å²) in [5, 5.41) is 2.68. The van der Waals surface area contributed by atoms with Crippen molar-refractivity contribution in [1.29, 1.82) is 0 Å². The van der Waals surface area contributed by atoms with Crippen LogP contribution >= 0.6 is 0 Å². The number of rotatable bonds is 4. The normalized spacial score (nSPS) is 10.1. The van der Waals surface area contributed by atoms with Gasteiger partial charge in [0.25, 0.3) is 5.91 Å². The lowest BCUT2D eigenvalue weighted by molar-refractivity contribution is 0.0602. The molecular formula is C19H15N3O3. The minimum absolute atomic E-state index is 0.278. The van der Waals surface area contributed by atoms with E-state index in [0.717, 1.165) is 5.56 Å². The van der Waals surface area contributed by atoms with Crippen LogP contribution in [0.2, 0.25) is 0 Å². The van der Waals surface area contributed by atoms with E-state index in [0.29, 0.717) is 17.1 Å². The van der Waals surface area contributed by atoms with Crippen molar-refractivity contribution in [3.63, 3.8) is 0 Å². The molecule has 1 amide bonds. The largest absolute Gasteiger partial charge is 0.465 e. The summed E-state index contributed by atoms with van der Waals surface area (Å²) in [5.74, 6) is -0.394. The van der Waals surface area contributed by atoms with Gasteiger partial charge in [0.2, 0.25) is 0 Å². The summed E-state index contributed by atoms with van der Waals surface area (Å²) >= 11 is 0. The van der Waals surface area contributed by atoms with E-state index in [4.69, 9.17) is 4.74 Å². The molecule has 0 aliphatic heterocycles. The van der Waals surface area contributed by atoms with Gasteiger partial charge in [-0.1, -0.05) is 42.5 Å². The standard InChI is InChI=1S/C19H15N3O3/c1-25-19(24)15-9-5-6-10-16(15)22-18(23)14-11-20-17(21-12-14)13-7-3-2-4-8-13/h2-12H,1H3,(H,22,23). The molecule has 6 heteroatoms. The van der Waals surface area contributed by atoms with Crippen LogP contribution in [0.1, 0.15) is 20.7 Å². The summed E-state index contributed by atoms with van der Waals surface area (Å²) in [7, 11) is 1.29. The van der Waals surface area contributed by atoms with Crippen molar-refractivity contribution >= 4 is 17.6 Å². The lowest BCUT2D eigenvalue weighted by atomic mass is 10.1. The average Bonchev–Trinajstić information content (AvgIpc) is 2.68. The molecule has 0 spiro atoms. The Morgan fingerprint density at radius 1 is 0.920 bits per heavy atom. The number of ether oxygens (including phenoxy) is 1. The first kappa shape index (κ1) is 16.3. The molecule has 3 aromatic rings. The van der Waals surface area contributed by atoms with Crippen LogP contribution in [0.25, 0.3) is 11.4 Å². The maximum Gasteiger partial charge on any atom is 0.339 e. The summed E-state index contributed by atoms with van der Waals surface area (Å²) in [5.41, 5.74) is 1.80. The van der Waals surface area contributed by atoms with Gasteiger partial charge in [0.1, 0.15) is 0 Å². The zero-order chi connectivity index (χ0) is 17.6. The molecule has 0 aliphatic rings. The van der Waals surface area contributed by atoms with E-state index in [1.54, 1.807) is 24.3 Å². The fourth-order valence-electron chi connectivity index (χ4n) is 2.26. The van der Waals surface area contributed by atoms with Crippen LogP contribution < -0.4 is 5.32 Å². The van der Waals surface area contributed by atoms with Gasteiger partial charge in [-0.3, -0.25) is 4.79 Å². The summed E-state index contributed by atoms with van der Waals surface area (Å²) in [6.45, 7) is 0. The predicted molar refractivity (Wildman–Crippen MR) is 93.2 cm³/mol. The molecule has 0 aliphatic carbocycles. The number of carbonyl (C=O) groups excluding carboxylic acids is 2. The molecule has 1 heterocycles. The maximum absolute atomic E-state index is 12.4. The van der Waals surface area contributed by atoms with Gasteiger partial charge in [0.15, 0.2) is 5.82 Å². The van der Waals surface area contributed by atoms with Crippen LogP contribution in [-0.2, 0) is 4.74 Å². The van der Waals surface area contributed by atoms with Crippen molar-refractivity contribution in [2.24, 2.45) is 0 Å². The second-order valence-corrected chi connectivity index (χ2v) is 5.15. The monoisotopic (exact) mass is 333 g/mol. The lowest BCUT2D eigenvalue weighted by Gasteiger charge is -2.09. The smallest absolute Gasteiger partial charge is 0.339 e. The molecule has 25 heavy (non-hydrogen) atoms. The number of para-hydroxylation sites is 1. The minimum atomic E-state index is -0.522. The van der Waals surface area contributed by atoms with Crippen LogP contribution in [0.15, 0.2) is 67.0 Å². The molecule has 3 rings (SSSR count). The fourth-order valence-corrected chi connectivity index (χ4v) is 2.26. The van der Waals surface area contributed by atoms with E-state index in [1.165, 1.54) is 19.5 Å². The third-order valence-corrected chi connectivity index (χ3v) is 3.53. The molecule has 0 unspecified atom stereocenters. The summed E-state index contributed by atoms with van der Waals surface area (Å²) in [6.07, 6.45) is 2.90. The number of hydrogen-bond acceptors (Lipinski definition) is 5. The van der Waals surface area contributed by atoms with Gasteiger partial charge in [-0.25, -0.2) is 14.8 Å². The van der Waals surface area contributed by atoms with E-state index >= 15 is 0 Å². The van der Waals surface area contributed by atoms with Crippen molar-refractivity contribution in [1.82, 2.24) is 9.97 Å². The van der Waals surface area contributed by atoms with Gasteiger partial charge in [-0.15, -0.1) is 0 Å². The van der Waals surface area contributed by atoms with Gasteiger partial charge in [0.05, 0.1) is 23.9 Å². The van der Waals surface area contributed by atoms with Crippen molar-refractivity contribution in [2.75, 3.05) is 12.4 Å². The number of hydrogen-bond donors (Lipinski definition) is 1. The Morgan fingerprint density at radius 2 is 1.56 bits per heavy atom. The van der Waals surface area contributed by atoms with Crippen molar-refractivity contribution in [3.05, 3.63) is 78.1 Å². The van der Waals surface area contributed by atoms with Gasteiger partial charge >= 0.3 is 5.97 Å². The number of carbonyl (C=O) groups is 2. The summed E-state index contributed by atoms with van der Waals surface area (Å²) < 4.78 is 4.71. The number of aromatic nitrogens is 2. The number of amides is 1. The zero-order valence-corrected chi connectivity index (χ0v) is 13.5. The molecule has 1 N–H and O–H groups in total. The van der Waals surface area contributed by atoms with Crippen LogP contribution in [0, 0.1) is 0 Å². The third kappa shape index (κ3) is 3.69. The lowest BCUT2D eigenvalue weighted by Crippen LogP contribution is -2.16. The number of methoxy groups -OCH3 is 1. The Bertz CT molecular complexity index is 893. The molecule has 0 fully saturated rings. The van der Waals surface area contributed by atoms with Gasteiger partial charge < -0.3 is 10.1 Å². The Kier molecular flexibility index (Phi) is 4.80. The Morgan fingerprint density at radius 3 is 2.24 bits per heavy atom. The first-order chi connectivity index (χ1) is 12.2. The molecule has 0 radical (unpaired) electrons. The number of nitrogens with zero attached hydrogens (tertiary/aromatic N) is 2. The van der Waals surface area contributed by atoms with E-state index in [9.17, 15) is 9.59 Å².